The van der Waals surface area contributed by atoms with Gasteiger partial charge in [0.05, 0.1) is 5.71 Å². The van der Waals surface area contributed by atoms with Gasteiger partial charge in [0, 0.05) is 38.4 Å². The van der Waals surface area contributed by atoms with Gasteiger partial charge >= 0.3 is 0 Å². The molecule has 7 aromatic rings. The zero-order valence-electron chi connectivity index (χ0n) is 28.2. The average Bonchev–Trinajstić information content (AvgIpc) is 3.37. The molecule has 9 rings (SSSR count). The van der Waals surface area contributed by atoms with Gasteiger partial charge in [-0.05, 0) is 94.6 Å². The zero-order chi connectivity index (χ0) is 34.5. The van der Waals surface area contributed by atoms with Crippen molar-refractivity contribution in [2.45, 2.75) is 25.2 Å². The van der Waals surface area contributed by atoms with Crippen molar-refractivity contribution in [1.82, 2.24) is 0 Å². The van der Waals surface area contributed by atoms with Gasteiger partial charge in [0.1, 0.15) is 16.9 Å². The van der Waals surface area contributed by atoms with Crippen LogP contribution in [0.5, 0.6) is 0 Å². The van der Waals surface area contributed by atoms with Crippen LogP contribution in [-0.4, -0.2) is 11.5 Å². The van der Waals surface area contributed by atoms with Crippen molar-refractivity contribution in [2.24, 2.45) is 15.9 Å². The molecule has 1 unspecified atom stereocenters. The maximum atomic E-state index is 6.66. The monoisotopic (exact) mass is 672 g/mol. The summed E-state index contributed by atoms with van der Waals surface area (Å²) < 4.78 is 6.66. The van der Waals surface area contributed by atoms with Gasteiger partial charge in [-0.2, -0.15) is 0 Å². The smallest absolute Gasteiger partial charge is 0.161 e. The third kappa shape index (κ3) is 5.64. The number of nitrogens with zero attached hydrogens (tertiary/aromatic N) is 2. The highest BCUT2D eigenvalue weighted by molar-refractivity contribution is 7.80. The first-order valence-electron chi connectivity index (χ1n) is 17.2. The molecule has 3 nitrogen and oxygen atoms in total. The molecule has 0 saturated carbocycles. The Labute approximate surface area is 303 Å². The van der Waals surface area contributed by atoms with Crippen LogP contribution < -0.4 is 0 Å². The van der Waals surface area contributed by atoms with Crippen LogP contribution in [0.15, 0.2) is 152 Å². The Kier molecular flexibility index (Phi) is 7.67. The van der Waals surface area contributed by atoms with Gasteiger partial charge in [0.25, 0.3) is 0 Å². The number of thiol groups is 1. The number of para-hydroxylation sites is 1. The van der Waals surface area contributed by atoms with E-state index in [2.05, 4.69) is 141 Å². The maximum absolute atomic E-state index is 6.66. The molecule has 0 spiro atoms. The summed E-state index contributed by atoms with van der Waals surface area (Å²) in [6, 6.07) is 45.6. The molecule has 6 aromatic carbocycles. The number of furan rings is 1. The summed E-state index contributed by atoms with van der Waals surface area (Å²) in [5.74, 6) is 1.10. The number of benzene rings is 5. The SMILES string of the molecule is Cc1ccccc1-c1cccc(C2=C=CC(c3cccc4c3oc3cc5c(cc34)CC(C)C=C5)=NC(c3ccc(-c4cc#ccc4)cc3)=N2)c1S. The highest BCUT2D eigenvalue weighted by atomic mass is 32.1. The molecule has 0 N–H and O–H groups in total. The highest BCUT2D eigenvalue weighted by Crippen LogP contribution is 2.38. The molecule has 0 fully saturated rings. The van der Waals surface area contributed by atoms with Crippen molar-refractivity contribution in [3.63, 3.8) is 0 Å². The van der Waals surface area contributed by atoms with E-state index in [0.29, 0.717) is 17.5 Å². The average molecular weight is 673 g/mol. The molecule has 0 radical (unpaired) electrons. The second kappa shape index (κ2) is 12.7. The van der Waals surface area contributed by atoms with E-state index in [-0.39, 0.29) is 0 Å². The van der Waals surface area contributed by atoms with E-state index in [0.717, 1.165) is 77.9 Å². The topological polar surface area (TPSA) is 37.9 Å². The van der Waals surface area contributed by atoms with Crippen molar-refractivity contribution in [1.29, 1.82) is 0 Å². The largest absolute Gasteiger partial charge is 0.455 e. The lowest BCUT2D eigenvalue weighted by atomic mass is 9.89. The molecule has 1 atom stereocenters. The Morgan fingerprint density at radius 2 is 1.53 bits per heavy atom. The molecule has 4 heteroatoms. The van der Waals surface area contributed by atoms with Crippen LogP contribution in [0.1, 0.15) is 40.3 Å². The van der Waals surface area contributed by atoms with Crippen molar-refractivity contribution in [3.05, 3.63) is 179 Å². The van der Waals surface area contributed by atoms with Crippen molar-refractivity contribution < 1.29 is 4.42 Å². The standard InChI is InChI=1S/C47H32N2OS/c1-29-18-19-34-28-44-41(27-35(34)26-29)37-14-8-16-39(45(37)50-44)42-24-25-43(40-17-9-15-38(46(40)51)36-13-7-6-10-30(36)2)49-47(48-42)33-22-20-32(21-23-33)31-11-4-3-5-12-31/h4,6-24,27-29,51H,26H2,1-2H3. The first-order valence-corrected chi connectivity index (χ1v) is 17.6. The molecule has 1 aliphatic heterocycles. The fraction of sp³-hybridized carbons (Fsp3) is 0.0851. The Morgan fingerprint density at radius 3 is 2.37 bits per heavy atom. The van der Waals surface area contributed by atoms with Gasteiger partial charge in [0.2, 0.25) is 0 Å². The van der Waals surface area contributed by atoms with Crippen molar-refractivity contribution in [3.8, 4) is 22.3 Å². The zero-order valence-corrected chi connectivity index (χ0v) is 29.1. The lowest BCUT2D eigenvalue weighted by molar-refractivity contribution is 0.666. The molecule has 51 heavy (non-hydrogen) atoms. The van der Waals surface area contributed by atoms with E-state index in [1.54, 1.807) is 0 Å². The van der Waals surface area contributed by atoms with Gasteiger partial charge in [-0.1, -0.05) is 116 Å². The number of aryl methyl sites for hydroxylation is 1. The Balaban J connectivity index is 1.22. The number of amidine groups is 1. The van der Waals surface area contributed by atoms with Crippen LogP contribution in [-0.2, 0) is 6.42 Å². The minimum atomic E-state index is 0.515. The molecule has 1 aliphatic carbocycles. The summed E-state index contributed by atoms with van der Waals surface area (Å²) in [4.78, 5) is 11.3. The van der Waals surface area contributed by atoms with E-state index in [9.17, 15) is 0 Å². The lowest BCUT2D eigenvalue weighted by Crippen LogP contribution is -2.04. The summed E-state index contributed by atoms with van der Waals surface area (Å²) in [5, 5.41) is 2.19. The van der Waals surface area contributed by atoms with Crippen LogP contribution in [0, 0.1) is 25.0 Å². The number of hydrogen-bond donors (Lipinski definition) is 1. The molecule has 0 saturated heterocycles. The second-order valence-electron chi connectivity index (χ2n) is 13.3. The maximum Gasteiger partial charge on any atom is 0.161 e. The van der Waals surface area contributed by atoms with Crippen LogP contribution >= 0.6 is 12.6 Å². The number of allylic oxidation sites excluding steroid dienone is 2. The van der Waals surface area contributed by atoms with E-state index >= 15 is 0 Å². The van der Waals surface area contributed by atoms with Crippen LogP contribution in [0.4, 0.5) is 0 Å². The van der Waals surface area contributed by atoms with Gasteiger partial charge in [-0.3, -0.25) is 0 Å². The van der Waals surface area contributed by atoms with Crippen LogP contribution in [0.25, 0.3) is 56.0 Å². The Bertz CT molecular complexity index is 2670. The number of hydrogen-bond acceptors (Lipinski definition) is 4. The number of aliphatic imine (C=N–C) groups is 2. The molecular formula is C47H32N2OS. The summed E-state index contributed by atoms with van der Waals surface area (Å²) in [7, 11) is 0. The summed E-state index contributed by atoms with van der Waals surface area (Å²) in [6.45, 7) is 4.38. The van der Waals surface area contributed by atoms with E-state index < -0.39 is 0 Å². The predicted octanol–water partition coefficient (Wildman–Crippen LogP) is 11.8. The fourth-order valence-electron chi connectivity index (χ4n) is 7.14. The number of fused-ring (bicyclic) bond motifs is 4. The summed E-state index contributed by atoms with van der Waals surface area (Å²) in [5.41, 5.74) is 17.3. The molecule has 1 aromatic heterocycles. The summed E-state index contributed by atoms with van der Waals surface area (Å²) in [6.07, 6.45) is 7.44. The Morgan fingerprint density at radius 1 is 0.745 bits per heavy atom. The minimum absolute atomic E-state index is 0.515. The number of rotatable bonds is 5. The van der Waals surface area contributed by atoms with Crippen molar-refractivity contribution in [2.75, 3.05) is 0 Å². The third-order valence-electron chi connectivity index (χ3n) is 9.83. The predicted molar refractivity (Wildman–Crippen MR) is 214 cm³/mol. The first kappa shape index (κ1) is 30.9. The first-order chi connectivity index (χ1) is 25.0. The quantitative estimate of drug-likeness (QED) is 0.143. The van der Waals surface area contributed by atoms with Gasteiger partial charge < -0.3 is 4.42 Å². The van der Waals surface area contributed by atoms with Crippen LogP contribution in [0.2, 0.25) is 0 Å². The lowest BCUT2D eigenvalue weighted by Gasteiger charge is -2.15. The van der Waals surface area contributed by atoms with Gasteiger partial charge in [0.15, 0.2) is 5.84 Å². The molecule has 0 amide bonds. The molecule has 2 aliphatic rings. The fourth-order valence-corrected chi connectivity index (χ4v) is 7.51. The Hall–Kier alpha value is -6.11. The molecule has 242 valence electrons. The van der Waals surface area contributed by atoms with Gasteiger partial charge in [-0.15, -0.1) is 12.6 Å². The van der Waals surface area contributed by atoms with Gasteiger partial charge in [-0.25, -0.2) is 9.98 Å². The van der Waals surface area contributed by atoms with Crippen LogP contribution in [0.3, 0.4) is 0 Å². The van der Waals surface area contributed by atoms with E-state index in [1.165, 1.54) is 16.7 Å². The third-order valence-corrected chi connectivity index (χ3v) is 10.3. The molecule has 2 heterocycles. The molecular weight excluding hydrogens is 641 g/mol. The van der Waals surface area contributed by atoms with Crippen molar-refractivity contribution >= 4 is 57.9 Å². The minimum Gasteiger partial charge on any atom is -0.455 e. The van der Waals surface area contributed by atoms with E-state index in [1.807, 2.05) is 24.3 Å². The normalized spacial score (nSPS) is 15.2. The van der Waals surface area contributed by atoms with E-state index in [4.69, 9.17) is 27.0 Å². The highest BCUT2D eigenvalue weighted by Gasteiger charge is 2.20. The second-order valence-corrected chi connectivity index (χ2v) is 13.7. The molecule has 0 bridgehead atoms. The summed E-state index contributed by atoms with van der Waals surface area (Å²) >= 11 is 5.09.